The molecule has 180 valence electrons. The van der Waals surface area contributed by atoms with Crippen molar-refractivity contribution in [2.45, 2.75) is 77.2 Å². The second-order valence-electron chi connectivity index (χ2n) is 9.44. The van der Waals surface area contributed by atoms with Crippen molar-refractivity contribution in [3.63, 3.8) is 0 Å². The van der Waals surface area contributed by atoms with E-state index in [9.17, 15) is 13.2 Å². The topological polar surface area (TPSA) is 43.8 Å². The first-order chi connectivity index (χ1) is 15.7. The number of nitrogens with zero attached hydrogens (tertiary/aromatic N) is 2. The number of pyridine rings is 1. The maximum absolute atomic E-state index is 12.8. The van der Waals surface area contributed by atoms with E-state index in [1.165, 1.54) is 6.07 Å². The lowest BCUT2D eigenvalue weighted by Crippen LogP contribution is -2.55. The minimum atomic E-state index is -4.41. The summed E-state index contributed by atoms with van der Waals surface area (Å²) in [6.07, 6.45) is 0.953. The summed E-state index contributed by atoms with van der Waals surface area (Å²) >= 11 is 0. The zero-order chi connectivity index (χ0) is 23.6. The summed E-state index contributed by atoms with van der Waals surface area (Å²) < 4.78 is 50.9. The number of fused-ring (bicyclic) bond motifs is 2. The largest absolute Gasteiger partial charge is 0.489 e. The number of benzene rings is 1. The predicted octanol–water partition coefficient (Wildman–Crippen LogP) is 6.20. The van der Waals surface area contributed by atoms with Gasteiger partial charge in [0.25, 0.3) is 0 Å². The van der Waals surface area contributed by atoms with E-state index in [1.54, 1.807) is 0 Å². The zero-order valence-corrected chi connectivity index (χ0v) is 19.3. The van der Waals surface area contributed by atoms with Gasteiger partial charge in [0.2, 0.25) is 5.88 Å². The molecule has 2 fully saturated rings. The third-order valence-electron chi connectivity index (χ3n) is 6.09. The molecule has 2 aromatic rings. The van der Waals surface area contributed by atoms with Gasteiger partial charge in [-0.25, -0.2) is 4.98 Å². The average Bonchev–Trinajstić information content (AvgIpc) is 2.74. The van der Waals surface area contributed by atoms with Crippen LogP contribution in [-0.2, 0) is 6.18 Å². The first-order valence-electron chi connectivity index (χ1n) is 11.6. The Kier molecular flexibility index (Phi) is 7.02. The van der Waals surface area contributed by atoms with Gasteiger partial charge in [0.05, 0.1) is 12.2 Å². The lowest BCUT2D eigenvalue weighted by Gasteiger charge is -2.46. The van der Waals surface area contributed by atoms with E-state index < -0.39 is 11.7 Å². The normalized spacial score (nSPS) is 23.4. The fourth-order valence-corrected chi connectivity index (χ4v) is 4.51. The Morgan fingerprint density at radius 1 is 1.06 bits per heavy atom. The van der Waals surface area contributed by atoms with E-state index >= 15 is 0 Å². The molecule has 0 spiro atoms. The van der Waals surface area contributed by atoms with Crippen LogP contribution in [0.4, 0.5) is 13.2 Å². The van der Waals surface area contributed by atoms with E-state index in [0.29, 0.717) is 12.5 Å². The molecule has 4 rings (SSSR count). The molecule has 2 bridgehead atoms. The van der Waals surface area contributed by atoms with Gasteiger partial charge >= 0.3 is 6.18 Å². The van der Waals surface area contributed by atoms with Crippen LogP contribution in [0.2, 0.25) is 0 Å². The highest BCUT2D eigenvalue weighted by atomic mass is 19.4. The van der Waals surface area contributed by atoms with Crippen molar-refractivity contribution in [1.29, 1.82) is 0 Å². The minimum Gasteiger partial charge on any atom is -0.489 e. The molecule has 2 unspecified atom stereocenters. The number of hydrogen-bond acceptors (Lipinski definition) is 5. The molecule has 1 aromatic heterocycles. The summed E-state index contributed by atoms with van der Waals surface area (Å²) in [6.45, 7) is 6.87. The summed E-state index contributed by atoms with van der Waals surface area (Å²) in [5.41, 5.74) is 0.334. The molecule has 2 aliphatic heterocycles. The minimum absolute atomic E-state index is 0.0184. The molecule has 3 heterocycles. The Morgan fingerprint density at radius 3 is 2.39 bits per heavy atom. The van der Waals surface area contributed by atoms with Crippen LogP contribution in [0.15, 0.2) is 36.5 Å². The maximum Gasteiger partial charge on any atom is 0.417 e. The molecule has 2 aliphatic rings. The Morgan fingerprint density at radius 2 is 1.79 bits per heavy atom. The van der Waals surface area contributed by atoms with Crippen molar-refractivity contribution in [3.05, 3.63) is 47.7 Å². The predicted molar refractivity (Wildman–Crippen MR) is 118 cm³/mol. The Bertz CT molecular complexity index is 919. The van der Waals surface area contributed by atoms with E-state index in [2.05, 4.69) is 18.8 Å². The molecular formula is C25H31F3N2O3. The molecule has 2 atom stereocenters. The molecule has 2 saturated heterocycles. The van der Waals surface area contributed by atoms with Crippen molar-refractivity contribution in [2.24, 2.45) is 5.92 Å². The maximum atomic E-state index is 12.8. The van der Waals surface area contributed by atoms with Crippen LogP contribution < -0.4 is 14.3 Å². The van der Waals surface area contributed by atoms with Crippen LogP contribution in [0.1, 0.15) is 57.1 Å². The smallest absolute Gasteiger partial charge is 0.417 e. The molecular weight excluding hydrogens is 433 g/mol. The molecule has 1 aromatic carbocycles. The van der Waals surface area contributed by atoms with Crippen LogP contribution >= 0.6 is 0 Å². The molecule has 0 aliphatic carbocycles. The first-order valence-corrected chi connectivity index (χ1v) is 11.6. The van der Waals surface area contributed by atoms with Crippen LogP contribution in [0.5, 0.6) is 17.4 Å². The highest BCUT2D eigenvalue weighted by Crippen LogP contribution is 2.38. The molecule has 0 radical (unpaired) electrons. The second-order valence-corrected chi connectivity index (χ2v) is 9.44. The number of aromatic nitrogens is 1. The number of aryl methyl sites for hydroxylation is 1. The number of hydrogen-bond donors (Lipinski definition) is 0. The summed E-state index contributed by atoms with van der Waals surface area (Å²) in [4.78, 5) is 9.84. The van der Waals surface area contributed by atoms with Crippen LogP contribution in [0.3, 0.4) is 0 Å². The van der Waals surface area contributed by atoms with Gasteiger partial charge in [-0.3, -0.25) is 0 Å². The van der Waals surface area contributed by atoms with Crippen LogP contribution in [0.25, 0.3) is 0 Å². The van der Waals surface area contributed by atoms with Gasteiger partial charge in [-0.05, 0) is 49.4 Å². The summed E-state index contributed by atoms with van der Waals surface area (Å²) in [5, 5.41) is 1.92. The van der Waals surface area contributed by atoms with E-state index in [0.717, 1.165) is 61.4 Å². The highest BCUT2D eigenvalue weighted by molar-refractivity contribution is 5.42. The highest BCUT2D eigenvalue weighted by Gasteiger charge is 2.41. The van der Waals surface area contributed by atoms with Crippen molar-refractivity contribution >= 4 is 0 Å². The van der Waals surface area contributed by atoms with Crippen molar-refractivity contribution in [1.82, 2.24) is 10.0 Å². The lowest BCUT2D eigenvalue weighted by atomic mass is 9.84. The molecule has 33 heavy (non-hydrogen) atoms. The fourth-order valence-electron chi connectivity index (χ4n) is 4.51. The molecule has 0 N–H and O–H groups in total. The van der Waals surface area contributed by atoms with Gasteiger partial charge in [-0.15, -0.1) is 5.06 Å². The average molecular weight is 465 g/mol. The number of alkyl halides is 3. The van der Waals surface area contributed by atoms with E-state index in [-0.39, 0.29) is 24.1 Å². The molecule has 8 heteroatoms. The number of halogens is 3. The Balaban J connectivity index is 1.43. The number of piperidine rings is 2. The quantitative estimate of drug-likeness (QED) is 0.488. The van der Waals surface area contributed by atoms with Gasteiger partial charge in [-0.1, -0.05) is 26.3 Å². The van der Waals surface area contributed by atoms with Gasteiger partial charge in [0.15, 0.2) is 11.5 Å². The third kappa shape index (κ3) is 5.91. The van der Waals surface area contributed by atoms with Crippen LogP contribution in [-0.4, -0.2) is 34.8 Å². The van der Waals surface area contributed by atoms with Gasteiger partial charge in [0.1, 0.15) is 6.10 Å². The van der Waals surface area contributed by atoms with Crippen molar-refractivity contribution in [3.8, 4) is 17.4 Å². The molecule has 5 nitrogen and oxygen atoms in total. The first kappa shape index (κ1) is 23.7. The SMILES string of the molecule is Cc1ccc(OC2CC3CCCC(C2)N3Oc2ccc(C(F)(F)F)cn2)c(OCC(C)C)c1. The standard InChI is InChI=1S/C25H31F3N2O3/c1-16(2)15-31-23-11-17(3)7-9-22(23)32-21-12-19-5-4-6-20(13-21)30(19)33-24-10-8-18(14-29-24)25(26,27)28/h7-11,14,16,19-21H,4-6,12-13,15H2,1-3H3. The summed E-state index contributed by atoms with van der Waals surface area (Å²) in [7, 11) is 0. The Hall–Kier alpha value is -2.48. The van der Waals surface area contributed by atoms with Crippen LogP contribution in [0, 0.1) is 12.8 Å². The monoisotopic (exact) mass is 464 g/mol. The van der Waals surface area contributed by atoms with Gasteiger partial charge in [0, 0.05) is 37.2 Å². The summed E-state index contributed by atoms with van der Waals surface area (Å²) in [5.74, 6) is 2.11. The van der Waals surface area contributed by atoms with Crippen molar-refractivity contribution in [2.75, 3.05) is 6.61 Å². The molecule has 0 amide bonds. The number of ether oxygens (including phenoxy) is 2. The third-order valence-corrected chi connectivity index (χ3v) is 6.09. The second kappa shape index (κ2) is 9.79. The van der Waals surface area contributed by atoms with E-state index in [4.69, 9.17) is 14.3 Å². The van der Waals surface area contributed by atoms with Gasteiger partial charge < -0.3 is 14.3 Å². The lowest BCUT2D eigenvalue weighted by molar-refractivity contribution is -0.185. The summed E-state index contributed by atoms with van der Waals surface area (Å²) in [6, 6.07) is 8.53. The number of hydroxylamine groups is 2. The molecule has 0 saturated carbocycles. The number of rotatable bonds is 7. The van der Waals surface area contributed by atoms with E-state index in [1.807, 2.05) is 30.2 Å². The fraction of sp³-hybridized carbons (Fsp3) is 0.560. The van der Waals surface area contributed by atoms with Gasteiger partial charge in [-0.2, -0.15) is 13.2 Å². The Labute approximate surface area is 192 Å². The van der Waals surface area contributed by atoms with Crippen molar-refractivity contribution < 1.29 is 27.5 Å². The zero-order valence-electron chi connectivity index (χ0n) is 19.3.